The molecular formula is C14H31N4Na5O10. The molecule has 0 bridgehead atoms. The van der Waals surface area contributed by atoms with Crippen LogP contribution in [0.2, 0.25) is 0 Å². The normalized spacial score (nSPS) is 5.61. The smallest absolute Gasteiger partial charge is 0.550 e. The first-order valence-electron chi connectivity index (χ1n) is 7.17. The quantitative estimate of drug-likeness (QED) is 0.241. The first-order valence-corrected chi connectivity index (χ1v) is 7.17. The van der Waals surface area contributed by atoms with Crippen molar-refractivity contribution >= 4 is 29.8 Å². The number of aliphatic carboxylic acids is 5. The van der Waals surface area contributed by atoms with Crippen LogP contribution in [0.1, 0.15) is 34.6 Å². The minimum absolute atomic E-state index is 0. The number of hydrogen-bond donors (Lipinski definition) is 4. The molecule has 0 saturated heterocycles. The molecule has 0 amide bonds. The van der Waals surface area contributed by atoms with Crippen LogP contribution in [0.3, 0.4) is 0 Å². The van der Waals surface area contributed by atoms with Gasteiger partial charge in [0.1, 0.15) is 0 Å². The summed E-state index contributed by atoms with van der Waals surface area (Å²) < 4.78 is 0. The monoisotopic (exact) mass is 530 g/mol. The van der Waals surface area contributed by atoms with Crippen molar-refractivity contribution in [3.8, 4) is 0 Å². The van der Waals surface area contributed by atoms with Crippen molar-refractivity contribution in [3.05, 3.63) is 0 Å². The van der Waals surface area contributed by atoms with Gasteiger partial charge in [-0.15, -0.1) is 0 Å². The Balaban J connectivity index is -0.0000000152. The molecule has 0 unspecified atom stereocenters. The van der Waals surface area contributed by atoms with Crippen molar-refractivity contribution in [1.82, 2.24) is 0 Å². The molecule has 0 aliphatic rings. The predicted molar refractivity (Wildman–Crippen MR) is 89.6 cm³/mol. The van der Waals surface area contributed by atoms with Crippen molar-refractivity contribution in [3.63, 3.8) is 0 Å². The van der Waals surface area contributed by atoms with Gasteiger partial charge in [-0.25, -0.2) is 0 Å². The molecular weight excluding hydrogens is 499 g/mol. The van der Waals surface area contributed by atoms with Crippen molar-refractivity contribution in [2.45, 2.75) is 34.6 Å². The minimum atomic E-state index is -1.08. The molecule has 0 aromatic carbocycles. The summed E-state index contributed by atoms with van der Waals surface area (Å²) in [7, 11) is 0. The molecule has 0 aromatic rings. The van der Waals surface area contributed by atoms with E-state index in [1.807, 2.05) is 0 Å². The van der Waals surface area contributed by atoms with Gasteiger partial charge in [-0.05, 0) is 34.6 Å². The van der Waals surface area contributed by atoms with E-state index in [1.165, 1.54) is 0 Å². The maximum Gasteiger partial charge on any atom is 1.00 e. The molecule has 19 heteroatoms. The zero-order valence-corrected chi connectivity index (χ0v) is 31.7. The number of carbonyl (C=O) groups is 5. The van der Waals surface area contributed by atoms with Crippen LogP contribution >= 0.6 is 0 Å². The largest absolute Gasteiger partial charge is 1.00 e. The average Bonchev–Trinajstić information content (AvgIpc) is 2.44. The van der Waals surface area contributed by atoms with Crippen LogP contribution in [0.15, 0.2) is 0 Å². The standard InChI is InChI=1S/2C2H8N2.5C2H4O2.5Na/c2*3-1-2-4;5*1-2(3)4;;;;;/h2*1-4H2;5*1H3,(H,3,4);;;;;/q;;;;;;;5*+1/p-5. The van der Waals surface area contributed by atoms with Gasteiger partial charge in [-0.2, -0.15) is 0 Å². The van der Waals surface area contributed by atoms with E-state index in [4.69, 9.17) is 72.4 Å². The van der Waals surface area contributed by atoms with Gasteiger partial charge in [0.2, 0.25) is 0 Å². The Hall–Kier alpha value is 2.19. The van der Waals surface area contributed by atoms with Gasteiger partial charge in [0, 0.05) is 56.0 Å². The molecule has 14 nitrogen and oxygen atoms in total. The summed E-state index contributed by atoms with van der Waals surface area (Å²) in [4.78, 5) is 44.4. The molecule has 0 saturated carbocycles. The van der Waals surface area contributed by atoms with E-state index in [0.717, 1.165) is 34.6 Å². The summed E-state index contributed by atoms with van der Waals surface area (Å²) in [5.74, 6) is -5.42. The summed E-state index contributed by atoms with van der Waals surface area (Å²) in [5, 5.41) is 44.4. The third-order valence-corrected chi connectivity index (χ3v) is 0.333. The maximum absolute atomic E-state index is 8.89. The van der Waals surface area contributed by atoms with E-state index in [2.05, 4.69) is 0 Å². The van der Waals surface area contributed by atoms with Crippen molar-refractivity contribution < 1.29 is 197 Å². The van der Waals surface area contributed by atoms with Gasteiger partial charge in [0.05, 0.1) is 0 Å². The second kappa shape index (κ2) is 83.9. The molecule has 0 heterocycles. The summed E-state index contributed by atoms with van der Waals surface area (Å²) >= 11 is 0. The molecule has 33 heavy (non-hydrogen) atoms. The fourth-order valence-corrected chi connectivity index (χ4v) is 0. The number of carbonyl (C=O) groups excluding carboxylic acids is 5. The summed E-state index contributed by atoms with van der Waals surface area (Å²) in [6.45, 7) is 7.25. The molecule has 0 aromatic heterocycles. The van der Waals surface area contributed by atoms with Crippen LogP contribution in [-0.2, 0) is 24.0 Å². The summed E-state index contributed by atoms with van der Waals surface area (Å²) in [6, 6.07) is 0. The van der Waals surface area contributed by atoms with E-state index in [-0.39, 0.29) is 148 Å². The Morgan fingerprint density at radius 3 is 0.424 bits per heavy atom. The van der Waals surface area contributed by atoms with Crippen molar-refractivity contribution in [2.24, 2.45) is 22.9 Å². The SMILES string of the molecule is CC(=O)[O-].CC(=O)[O-].CC(=O)[O-].CC(=O)[O-].CC(=O)[O-].NCCN.NCCN.[Na+].[Na+].[Na+].[Na+].[Na+]. The van der Waals surface area contributed by atoms with E-state index < -0.39 is 29.8 Å². The Labute approximate surface area is 306 Å². The first kappa shape index (κ1) is 76.5. The van der Waals surface area contributed by atoms with Gasteiger partial charge in [0.15, 0.2) is 0 Å². The molecule has 0 fully saturated rings. The Kier molecular flexibility index (Phi) is 194. The third-order valence-electron chi connectivity index (χ3n) is 0.333. The van der Waals surface area contributed by atoms with Gasteiger partial charge >= 0.3 is 148 Å². The Morgan fingerprint density at radius 1 is 0.394 bits per heavy atom. The Bertz CT molecular complexity index is 289. The summed E-state index contributed by atoms with van der Waals surface area (Å²) in [6.07, 6.45) is 0. The molecule has 172 valence electrons. The van der Waals surface area contributed by atoms with E-state index >= 15 is 0 Å². The molecule has 0 atom stereocenters. The number of carboxylic acids is 5. The van der Waals surface area contributed by atoms with Crippen molar-refractivity contribution in [2.75, 3.05) is 26.2 Å². The van der Waals surface area contributed by atoms with E-state index in [9.17, 15) is 0 Å². The molecule has 8 N–H and O–H groups in total. The first-order chi connectivity index (χ1) is 12.5. The van der Waals surface area contributed by atoms with Crippen molar-refractivity contribution in [1.29, 1.82) is 0 Å². The average molecular weight is 530 g/mol. The molecule has 0 spiro atoms. The number of hydrogen-bond acceptors (Lipinski definition) is 14. The zero-order chi connectivity index (χ0) is 24.7. The van der Waals surface area contributed by atoms with Gasteiger partial charge < -0.3 is 72.4 Å². The maximum atomic E-state index is 8.89. The number of nitrogens with two attached hydrogens (primary N) is 4. The second-order valence-corrected chi connectivity index (χ2v) is 3.61. The predicted octanol–water partition coefficient (Wildman–Crippen LogP) is -23.4. The second-order valence-electron chi connectivity index (χ2n) is 3.61. The zero-order valence-electron chi connectivity index (χ0n) is 21.7. The topological polar surface area (TPSA) is 305 Å². The fraction of sp³-hybridized carbons (Fsp3) is 0.643. The summed E-state index contributed by atoms with van der Waals surface area (Å²) in [5.41, 5.74) is 19.6. The van der Waals surface area contributed by atoms with Crippen LogP contribution in [0.5, 0.6) is 0 Å². The number of rotatable bonds is 2. The molecule has 0 aliphatic heterocycles. The number of carboxylic acid groups (broad SMARTS) is 5. The Morgan fingerprint density at radius 2 is 0.424 bits per heavy atom. The fourth-order valence-electron chi connectivity index (χ4n) is 0. The van der Waals surface area contributed by atoms with E-state index in [1.54, 1.807) is 0 Å². The van der Waals surface area contributed by atoms with Gasteiger partial charge in [0.25, 0.3) is 0 Å². The van der Waals surface area contributed by atoms with E-state index in [0.29, 0.717) is 26.2 Å². The van der Waals surface area contributed by atoms with Gasteiger partial charge in [-0.1, -0.05) is 0 Å². The van der Waals surface area contributed by atoms with Crippen LogP contribution in [0, 0.1) is 0 Å². The molecule has 0 radical (unpaired) electrons. The van der Waals surface area contributed by atoms with Gasteiger partial charge in [-0.3, -0.25) is 0 Å². The van der Waals surface area contributed by atoms with Crippen LogP contribution in [-0.4, -0.2) is 56.0 Å². The molecule has 0 rings (SSSR count). The third kappa shape index (κ3) is 2020. The van der Waals surface area contributed by atoms with Crippen LogP contribution in [0.4, 0.5) is 0 Å². The van der Waals surface area contributed by atoms with Crippen LogP contribution in [0.25, 0.3) is 0 Å². The van der Waals surface area contributed by atoms with Crippen LogP contribution < -0.4 is 196 Å². The molecule has 0 aliphatic carbocycles. The minimum Gasteiger partial charge on any atom is -0.550 e.